The number of para-hydroxylation sites is 1. The minimum absolute atomic E-state index is 0.0195. The number of amides is 2. The van der Waals surface area contributed by atoms with Crippen LogP contribution in [0, 0.1) is 5.92 Å². The van der Waals surface area contributed by atoms with E-state index in [0.717, 1.165) is 17.4 Å². The van der Waals surface area contributed by atoms with E-state index in [2.05, 4.69) is 10.3 Å². The summed E-state index contributed by atoms with van der Waals surface area (Å²) in [7, 11) is 0. The van der Waals surface area contributed by atoms with E-state index in [1.165, 1.54) is 12.8 Å². The first kappa shape index (κ1) is 14.6. The van der Waals surface area contributed by atoms with Crippen LogP contribution < -0.4 is 5.32 Å². The Morgan fingerprint density at radius 1 is 1.30 bits per heavy atom. The summed E-state index contributed by atoms with van der Waals surface area (Å²) in [6.07, 6.45) is 4.24. The Labute approximate surface area is 138 Å². The van der Waals surface area contributed by atoms with Gasteiger partial charge in [-0.3, -0.25) is 9.59 Å². The first-order valence-electron chi connectivity index (χ1n) is 7.96. The van der Waals surface area contributed by atoms with Crippen LogP contribution in [0.5, 0.6) is 0 Å². The van der Waals surface area contributed by atoms with Crippen LogP contribution in [-0.4, -0.2) is 45.9 Å². The summed E-state index contributed by atoms with van der Waals surface area (Å²) in [5.74, 6) is 1.79. The van der Waals surface area contributed by atoms with Gasteiger partial charge in [-0.15, -0.1) is 11.8 Å². The molecule has 23 heavy (non-hydrogen) atoms. The molecule has 6 heteroatoms. The molecule has 2 N–H and O–H groups in total. The minimum atomic E-state index is -0.364. The molecule has 4 rings (SSSR count). The van der Waals surface area contributed by atoms with Crippen molar-refractivity contribution in [1.29, 1.82) is 0 Å². The minimum Gasteiger partial charge on any atom is -0.361 e. The van der Waals surface area contributed by atoms with Gasteiger partial charge in [0, 0.05) is 23.9 Å². The zero-order chi connectivity index (χ0) is 15.8. The second kappa shape index (κ2) is 5.92. The SMILES string of the molecule is O=C(NCC1CC1)[C@@H]1CSCN1C(=O)c1cccc2cc[nH]c12. The molecule has 2 heterocycles. The van der Waals surface area contributed by atoms with Crippen LogP contribution in [0.3, 0.4) is 0 Å². The molecule has 1 aliphatic carbocycles. The number of aromatic amines is 1. The highest BCUT2D eigenvalue weighted by Gasteiger charge is 2.36. The zero-order valence-corrected chi connectivity index (χ0v) is 13.6. The molecule has 0 unspecified atom stereocenters. The Kier molecular flexibility index (Phi) is 3.77. The lowest BCUT2D eigenvalue weighted by atomic mass is 10.1. The highest BCUT2D eigenvalue weighted by molar-refractivity contribution is 7.99. The van der Waals surface area contributed by atoms with Crippen molar-refractivity contribution in [3.63, 3.8) is 0 Å². The molecule has 0 radical (unpaired) electrons. The smallest absolute Gasteiger partial charge is 0.257 e. The molecule has 0 bridgehead atoms. The Morgan fingerprint density at radius 3 is 3.00 bits per heavy atom. The van der Waals surface area contributed by atoms with Crippen LogP contribution >= 0.6 is 11.8 Å². The largest absolute Gasteiger partial charge is 0.361 e. The van der Waals surface area contributed by atoms with E-state index in [-0.39, 0.29) is 17.9 Å². The predicted molar refractivity (Wildman–Crippen MR) is 91.3 cm³/mol. The van der Waals surface area contributed by atoms with E-state index in [0.29, 0.717) is 23.1 Å². The Bertz CT molecular complexity index is 753. The molecule has 5 nitrogen and oxygen atoms in total. The number of hydrogen-bond acceptors (Lipinski definition) is 3. The van der Waals surface area contributed by atoms with Crippen molar-refractivity contribution in [3.05, 3.63) is 36.0 Å². The van der Waals surface area contributed by atoms with Crippen molar-refractivity contribution >= 4 is 34.5 Å². The van der Waals surface area contributed by atoms with Gasteiger partial charge in [0.1, 0.15) is 6.04 Å². The van der Waals surface area contributed by atoms with E-state index < -0.39 is 0 Å². The predicted octanol–water partition coefficient (Wildman–Crippen LogP) is 2.21. The number of thioether (sulfide) groups is 1. The Balaban J connectivity index is 1.54. The molecule has 1 aromatic carbocycles. The summed E-state index contributed by atoms with van der Waals surface area (Å²) in [5.41, 5.74) is 1.47. The molecular formula is C17H19N3O2S. The third-order valence-electron chi connectivity index (χ3n) is 4.53. The highest BCUT2D eigenvalue weighted by Crippen LogP contribution is 2.29. The molecule has 1 saturated heterocycles. The van der Waals surface area contributed by atoms with Crippen LogP contribution in [0.2, 0.25) is 0 Å². The number of carbonyl (C=O) groups excluding carboxylic acids is 2. The average Bonchev–Trinajstić information content (AvgIpc) is 3.07. The Morgan fingerprint density at radius 2 is 2.17 bits per heavy atom. The van der Waals surface area contributed by atoms with E-state index in [1.807, 2.05) is 30.5 Å². The van der Waals surface area contributed by atoms with E-state index in [4.69, 9.17) is 0 Å². The highest BCUT2D eigenvalue weighted by atomic mass is 32.2. The molecular weight excluding hydrogens is 310 g/mol. The monoisotopic (exact) mass is 329 g/mol. The van der Waals surface area contributed by atoms with Gasteiger partial charge in [0.15, 0.2) is 0 Å². The number of fused-ring (bicyclic) bond motifs is 1. The number of carbonyl (C=O) groups is 2. The molecule has 1 aromatic heterocycles. The molecule has 1 aliphatic heterocycles. The molecule has 2 fully saturated rings. The van der Waals surface area contributed by atoms with Gasteiger partial charge in [-0.1, -0.05) is 12.1 Å². The number of hydrogen-bond donors (Lipinski definition) is 2. The summed E-state index contributed by atoms with van der Waals surface area (Å²) >= 11 is 1.63. The van der Waals surface area contributed by atoms with Crippen molar-refractivity contribution < 1.29 is 9.59 Å². The summed E-state index contributed by atoms with van der Waals surface area (Å²) in [6, 6.07) is 7.26. The van der Waals surface area contributed by atoms with Crippen molar-refractivity contribution in [2.24, 2.45) is 5.92 Å². The number of benzene rings is 1. The summed E-state index contributed by atoms with van der Waals surface area (Å²) in [4.78, 5) is 30.2. The lowest BCUT2D eigenvalue weighted by molar-refractivity contribution is -0.124. The standard InChI is InChI=1S/C17H19N3O2S/c21-16(19-8-11-4-5-11)14-9-23-10-20(14)17(22)13-3-1-2-12-6-7-18-15(12)13/h1-3,6-7,11,14,18H,4-5,8-10H2,(H,19,21)/t14-/m0/s1. The van der Waals surface area contributed by atoms with Crippen molar-refractivity contribution in [2.45, 2.75) is 18.9 Å². The fraction of sp³-hybridized carbons (Fsp3) is 0.412. The molecule has 0 spiro atoms. The fourth-order valence-corrected chi connectivity index (χ4v) is 4.12. The van der Waals surface area contributed by atoms with Crippen LogP contribution in [0.1, 0.15) is 23.2 Å². The Hall–Kier alpha value is -1.95. The molecule has 2 aliphatic rings. The molecule has 2 amide bonds. The van der Waals surface area contributed by atoms with Gasteiger partial charge in [-0.25, -0.2) is 0 Å². The molecule has 1 atom stereocenters. The molecule has 120 valence electrons. The third kappa shape index (κ3) is 2.83. The number of rotatable bonds is 4. The van der Waals surface area contributed by atoms with E-state index in [9.17, 15) is 9.59 Å². The van der Waals surface area contributed by atoms with Gasteiger partial charge < -0.3 is 15.2 Å². The van der Waals surface area contributed by atoms with Crippen LogP contribution in [-0.2, 0) is 4.79 Å². The van der Waals surface area contributed by atoms with E-state index in [1.54, 1.807) is 16.7 Å². The van der Waals surface area contributed by atoms with Crippen LogP contribution in [0.25, 0.3) is 10.9 Å². The zero-order valence-electron chi connectivity index (χ0n) is 12.7. The van der Waals surface area contributed by atoms with E-state index >= 15 is 0 Å². The van der Waals surface area contributed by atoms with Crippen molar-refractivity contribution in [2.75, 3.05) is 18.2 Å². The van der Waals surface area contributed by atoms with Crippen molar-refractivity contribution in [1.82, 2.24) is 15.2 Å². The lowest BCUT2D eigenvalue weighted by Crippen LogP contribution is -2.47. The normalized spacial score (nSPS) is 20.9. The second-order valence-corrected chi connectivity index (χ2v) is 7.23. The van der Waals surface area contributed by atoms with Gasteiger partial charge in [0.25, 0.3) is 5.91 Å². The van der Waals surface area contributed by atoms with Gasteiger partial charge in [-0.2, -0.15) is 0 Å². The quantitative estimate of drug-likeness (QED) is 0.904. The maximum absolute atomic E-state index is 12.9. The first-order valence-corrected chi connectivity index (χ1v) is 9.12. The number of aromatic nitrogens is 1. The summed E-state index contributed by atoms with van der Waals surface area (Å²) in [6.45, 7) is 0.744. The van der Waals surface area contributed by atoms with Gasteiger partial charge in [0.05, 0.1) is 17.0 Å². The van der Waals surface area contributed by atoms with Crippen molar-refractivity contribution in [3.8, 4) is 0 Å². The number of H-pyrrole nitrogens is 1. The van der Waals surface area contributed by atoms with Crippen LogP contribution in [0.15, 0.2) is 30.5 Å². The molecule has 1 saturated carbocycles. The summed E-state index contributed by atoms with van der Waals surface area (Å²) in [5, 5.41) is 4.01. The number of nitrogens with zero attached hydrogens (tertiary/aromatic N) is 1. The number of nitrogens with one attached hydrogen (secondary N) is 2. The fourth-order valence-electron chi connectivity index (χ4n) is 2.96. The van der Waals surface area contributed by atoms with Gasteiger partial charge >= 0.3 is 0 Å². The maximum Gasteiger partial charge on any atom is 0.257 e. The van der Waals surface area contributed by atoms with Gasteiger partial charge in [-0.05, 0) is 30.9 Å². The topological polar surface area (TPSA) is 65.2 Å². The first-order chi connectivity index (χ1) is 11.2. The lowest BCUT2D eigenvalue weighted by Gasteiger charge is -2.23. The average molecular weight is 329 g/mol. The maximum atomic E-state index is 12.9. The second-order valence-electron chi connectivity index (χ2n) is 6.23. The van der Waals surface area contributed by atoms with Gasteiger partial charge in [0.2, 0.25) is 5.91 Å². The summed E-state index contributed by atoms with van der Waals surface area (Å²) < 4.78 is 0. The molecule has 2 aromatic rings. The third-order valence-corrected chi connectivity index (χ3v) is 5.54. The van der Waals surface area contributed by atoms with Crippen LogP contribution in [0.4, 0.5) is 0 Å².